The molecule has 0 bridgehead atoms. The van der Waals surface area contributed by atoms with E-state index in [9.17, 15) is 0 Å². The highest BCUT2D eigenvalue weighted by atomic mass is 127. The first-order valence-electron chi connectivity index (χ1n) is 10.8. The Morgan fingerprint density at radius 1 is 0.706 bits per heavy atom. The number of halogens is 1. The van der Waals surface area contributed by atoms with Crippen molar-refractivity contribution in [2.24, 2.45) is 0 Å². The normalized spacial score (nSPS) is 9.15. The van der Waals surface area contributed by atoms with Gasteiger partial charge in [-0.1, -0.05) is 43.8 Å². The SMILES string of the molecule is C.CCNc1ncccc1N.CCNc1ncccc1Nc1ccccc1.Ic1ccccc1. The number of nitrogens with two attached hydrogens (primary N) is 1. The zero-order valence-electron chi connectivity index (χ0n) is 19.0. The maximum absolute atomic E-state index is 5.58. The van der Waals surface area contributed by atoms with E-state index in [1.807, 2.05) is 79.7 Å². The van der Waals surface area contributed by atoms with Gasteiger partial charge in [-0.2, -0.15) is 0 Å². The van der Waals surface area contributed by atoms with Crippen molar-refractivity contribution in [3.05, 3.63) is 101 Å². The van der Waals surface area contributed by atoms with Crippen LogP contribution in [0.2, 0.25) is 0 Å². The van der Waals surface area contributed by atoms with E-state index >= 15 is 0 Å². The van der Waals surface area contributed by atoms with Crippen molar-refractivity contribution < 1.29 is 0 Å². The van der Waals surface area contributed by atoms with E-state index in [1.165, 1.54) is 3.57 Å². The fraction of sp³-hybridized carbons (Fsp3) is 0.185. The molecule has 34 heavy (non-hydrogen) atoms. The van der Waals surface area contributed by atoms with Gasteiger partial charge in [-0.05, 0) is 85.0 Å². The van der Waals surface area contributed by atoms with Crippen molar-refractivity contribution in [2.45, 2.75) is 21.3 Å². The molecule has 6 nitrogen and oxygen atoms in total. The number of pyridine rings is 2. The molecule has 0 atom stereocenters. The van der Waals surface area contributed by atoms with Crippen molar-refractivity contribution in [3.8, 4) is 0 Å². The number of nitrogen functional groups attached to an aromatic ring is 1. The maximum Gasteiger partial charge on any atom is 0.149 e. The third-order valence-electron chi connectivity index (χ3n) is 4.12. The second-order valence-corrected chi connectivity index (χ2v) is 7.93. The highest BCUT2D eigenvalue weighted by molar-refractivity contribution is 14.1. The zero-order chi connectivity index (χ0) is 23.7. The van der Waals surface area contributed by atoms with Crippen LogP contribution in [0.15, 0.2) is 97.3 Å². The number of para-hydroxylation sites is 1. The fourth-order valence-electron chi connectivity index (χ4n) is 2.64. The predicted octanol–water partition coefficient (Wildman–Crippen LogP) is 7.28. The van der Waals surface area contributed by atoms with E-state index in [0.29, 0.717) is 5.69 Å². The van der Waals surface area contributed by atoms with Crippen LogP contribution < -0.4 is 21.7 Å². The smallest absolute Gasteiger partial charge is 0.149 e. The Bertz CT molecular complexity index is 1040. The lowest BCUT2D eigenvalue weighted by Gasteiger charge is -2.11. The Hall–Kier alpha value is -3.33. The minimum atomic E-state index is 0. The summed E-state index contributed by atoms with van der Waals surface area (Å²) in [6.07, 6.45) is 3.50. The lowest BCUT2D eigenvalue weighted by Crippen LogP contribution is -2.02. The van der Waals surface area contributed by atoms with Crippen LogP contribution in [0.25, 0.3) is 0 Å². The summed E-state index contributed by atoms with van der Waals surface area (Å²) < 4.78 is 1.29. The molecule has 4 aromatic rings. The molecule has 2 aromatic carbocycles. The number of benzene rings is 2. The summed E-state index contributed by atoms with van der Waals surface area (Å²) in [4.78, 5) is 8.32. The molecule has 2 heterocycles. The first kappa shape index (κ1) is 28.7. The molecule has 0 saturated carbocycles. The highest BCUT2D eigenvalue weighted by Crippen LogP contribution is 2.22. The minimum Gasteiger partial charge on any atom is -0.396 e. The van der Waals surface area contributed by atoms with Gasteiger partial charge in [0.2, 0.25) is 0 Å². The summed E-state index contributed by atoms with van der Waals surface area (Å²) >= 11 is 2.28. The third-order valence-corrected chi connectivity index (χ3v) is 4.84. The maximum atomic E-state index is 5.58. The molecule has 0 spiro atoms. The van der Waals surface area contributed by atoms with Crippen molar-refractivity contribution in [3.63, 3.8) is 0 Å². The number of nitrogens with zero attached hydrogens (tertiary/aromatic N) is 2. The van der Waals surface area contributed by atoms with Gasteiger partial charge in [0.05, 0.1) is 11.4 Å². The Kier molecular flexibility index (Phi) is 14.5. The van der Waals surface area contributed by atoms with Gasteiger partial charge in [0.1, 0.15) is 11.6 Å². The van der Waals surface area contributed by atoms with Gasteiger partial charge in [-0.3, -0.25) is 0 Å². The van der Waals surface area contributed by atoms with Crippen LogP contribution >= 0.6 is 22.6 Å². The van der Waals surface area contributed by atoms with Gasteiger partial charge >= 0.3 is 0 Å². The Morgan fingerprint density at radius 2 is 1.24 bits per heavy atom. The Balaban J connectivity index is 0.000000275. The molecule has 2 aromatic heterocycles. The molecule has 5 N–H and O–H groups in total. The first-order valence-corrected chi connectivity index (χ1v) is 11.9. The van der Waals surface area contributed by atoms with Gasteiger partial charge in [-0.15, -0.1) is 0 Å². The zero-order valence-corrected chi connectivity index (χ0v) is 21.2. The summed E-state index contributed by atoms with van der Waals surface area (Å²) in [5.41, 5.74) is 8.34. The molecule has 0 radical (unpaired) electrons. The molecule has 0 unspecified atom stereocenters. The average molecular weight is 571 g/mol. The van der Waals surface area contributed by atoms with Gasteiger partial charge < -0.3 is 21.7 Å². The van der Waals surface area contributed by atoms with E-state index in [4.69, 9.17) is 5.73 Å². The molecule has 4 rings (SSSR count). The van der Waals surface area contributed by atoms with Crippen LogP contribution in [-0.2, 0) is 0 Å². The lowest BCUT2D eigenvalue weighted by molar-refractivity contribution is 1.16. The molecule has 0 amide bonds. The van der Waals surface area contributed by atoms with E-state index in [-0.39, 0.29) is 7.43 Å². The quantitative estimate of drug-likeness (QED) is 0.182. The number of aromatic nitrogens is 2. The predicted molar refractivity (Wildman–Crippen MR) is 157 cm³/mol. The standard InChI is InChI=1S/C13H15N3.C7H11N3.C6H5I.CH4/c1-2-14-13-12(9-6-10-15-13)16-11-7-4-3-5-8-11;1-2-9-7-6(8)4-3-5-10-7;7-6-4-2-1-3-5-6;/h3-10,16H,2H2,1H3,(H,14,15);3-5H,2,8H2,1H3,(H,9,10);1-5H;1H4. The first-order chi connectivity index (χ1) is 16.1. The number of hydrogen-bond donors (Lipinski definition) is 4. The van der Waals surface area contributed by atoms with Gasteiger partial charge in [0.15, 0.2) is 0 Å². The molecular weight excluding hydrogens is 535 g/mol. The second-order valence-electron chi connectivity index (χ2n) is 6.69. The molecule has 0 fully saturated rings. The molecule has 0 aliphatic carbocycles. The average Bonchev–Trinajstić information content (AvgIpc) is 2.84. The van der Waals surface area contributed by atoms with Crippen LogP contribution in [0.4, 0.5) is 28.7 Å². The number of rotatable bonds is 6. The fourth-order valence-corrected chi connectivity index (χ4v) is 3.05. The number of anilines is 5. The van der Waals surface area contributed by atoms with E-state index in [1.54, 1.807) is 12.4 Å². The molecule has 180 valence electrons. The topological polar surface area (TPSA) is 87.9 Å². The van der Waals surface area contributed by atoms with Crippen LogP contribution in [0, 0.1) is 3.57 Å². The number of nitrogens with one attached hydrogen (secondary N) is 3. The van der Waals surface area contributed by atoms with Crippen LogP contribution in [0.3, 0.4) is 0 Å². The molecule has 0 saturated heterocycles. The summed E-state index contributed by atoms with van der Waals surface area (Å²) in [7, 11) is 0. The van der Waals surface area contributed by atoms with E-state index in [2.05, 4.69) is 67.6 Å². The largest absolute Gasteiger partial charge is 0.396 e. The molecule has 7 heteroatoms. The van der Waals surface area contributed by atoms with E-state index in [0.717, 1.165) is 36.1 Å². The summed E-state index contributed by atoms with van der Waals surface area (Å²) in [5, 5.41) is 9.59. The monoisotopic (exact) mass is 570 g/mol. The summed E-state index contributed by atoms with van der Waals surface area (Å²) in [6.45, 7) is 5.77. The van der Waals surface area contributed by atoms with Crippen molar-refractivity contribution in [1.29, 1.82) is 0 Å². The lowest BCUT2D eigenvalue weighted by atomic mass is 10.3. The van der Waals surface area contributed by atoms with Crippen LogP contribution in [0.5, 0.6) is 0 Å². The van der Waals surface area contributed by atoms with Crippen molar-refractivity contribution in [2.75, 3.05) is 34.8 Å². The van der Waals surface area contributed by atoms with Crippen LogP contribution in [-0.4, -0.2) is 23.1 Å². The molecule has 0 aliphatic rings. The third kappa shape index (κ3) is 11.0. The van der Waals surface area contributed by atoms with E-state index < -0.39 is 0 Å². The second kappa shape index (κ2) is 17.2. The van der Waals surface area contributed by atoms with Crippen molar-refractivity contribution >= 4 is 51.3 Å². The van der Waals surface area contributed by atoms with Gasteiger partial charge in [0, 0.05) is 34.7 Å². The van der Waals surface area contributed by atoms with Crippen LogP contribution in [0.1, 0.15) is 21.3 Å². The Morgan fingerprint density at radius 3 is 1.76 bits per heavy atom. The molecular formula is C27H35IN6. The van der Waals surface area contributed by atoms with Gasteiger partial charge in [-0.25, -0.2) is 9.97 Å². The Labute approximate surface area is 217 Å². The highest BCUT2D eigenvalue weighted by Gasteiger charge is 2.01. The minimum absolute atomic E-state index is 0. The number of hydrogen-bond acceptors (Lipinski definition) is 6. The summed E-state index contributed by atoms with van der Waals surface area (Å²) in [5.74, 6) is 1.65. The summed E-state index contributed by atoms with van der Waals surface area (Å²) in [6, 6.07) is 27.9. The van der Waals surface area contributed by atoms with Gasteiger partial charge in [0.25, 0.3) is 0 Å². The molecule has 0 aliphatic heterocycles. The van der Waals surface area contributed by atoms with Crippen molar-refractivity contribution in [1.82, 2.24) is 9.97 Å².